The van der Waals surface area contributed by atoms with Gasteiger partial charge in [0.15, 0.2) is 0 Å². The first kappa shape index (κ1) is 18.5. The van der Waals surface area contributed by atoms with Gasteiger partial charge in [0.1, 0.15) is 9.71 Å². The van der Waals surface area contributed by atoms with E-state index in [1.807, 2.05) is 20.8 Å². The first-order valence-corrected chi connectivity index (χ1v) is 8.27. The second-order valence-electron chi connectivity index (χ2n) is 6.90. The number of nitrogens with one attached hydrogen (secondary N) is 1. The third-order valence-corrected chi connectivity index (χ3v) is 4.60. The van der Waals surface area contributed by atoms with E-state index in [0.29, 0.717) is 6.54 Å². The minimum atomic E-state index is -4.55. The summed E-state index contributed by atoms with van der Waals surface area (Å²) in [5.41, 5.74) is 5.11. The normalized spacial score (nSPS) is 12.6. The van der Waals surface area contributed by atoms with E-state index in [1.54, 1.807) is 0 Å². The molecule has 0 saturated carbocycles. The Bertz CT molecular complexity index is 775. The molecule has 1 amide bonds. The molecule has 2 heterocycles. The van der Waals surface area contributed by atoms with Gasteiger partial charge in [0.05, 0.1) is 11.3 Å². The summed E-state index contributed by atoms with van der Waals surface area (Å²) in [4.78, 5) is 16.6. The van der Waals surface area contributed by atoms with Gasteiger partial charge in [-0.25, -0.2) is 4.98 Å². The summed E-state index contributed by atoms with van der Waals surface area (Å²) in [7, 11) is 0. The van der Waals surface area contributed by atoms with Gasteiger partial charge in [-0.05, 0) is 24.8 Å². The molecule has 0 aliphatic heterocycles. The molecular weight excluding hydrogens is 339 g/mol. The van der Waals surface area contributed by atoms with Crippen molar-refractivity contribution in [1.82, 2.24) is 10.3 Å². The van der Waals surface area contributed by atoms with Gasteiger partial charge in [0.2, 0.25) is 0 Å². The van der Waals surface area contributed by atoms with Crippen LogP contribution in [0, 0.1) is 12.3 Å². The number of fused-ring (bicyclic) bond motifs is 1. The fourth-order valence-corrected chi connectivity index (χ4v) is 3.35. The zero-order chi connectivity index (χ0) is 18.3. The first-order valence-electron chi connectivity index (χ1n) is 7.45. The summed E-state index contributed by atoms with van der Waals surface area (Å²) in [6.07, 6.45) is -3.81. The highest BCUT2D eigenvalue weighted by Gasteiger charge is 2.35. The Morgan fingerprint density at radius 1 is 1.33 bits per heavy atom. The monoisotopic (exact) mass is 359 g/mol. The van der Waals surface area contributed by atoms with Crippen LogP contribution in [-0.4, -0.2) is 17.4 Å². The number of alkyl halides is 3. The van der Waals surface area contributed by atoms with Gasteiger partial charge >= 0.3 is 6.18 Å². The number of amides is 1. The van der Waals surface area contributed by atoms with Crippen molar-refractivity contribution >= 4 is 33.1 Å². The van der Waals surface area contributed by atoms with E-state index in [-0.39, 0.29) is 31.9 Å². The maximum atomic E-state index is 13.2. The van der Waals surface area contributed by atoms with E-state index in [4.69, 9.17) is 5.73 Å². The summed E-state index contributed by atoms with van der Waals surface area (Å²) in [6, 6.07) is 0.951. The number of hydrogen-bond donors (Lipinski definition) is 2. The summed E-state index contributed by atoms with van der Waals surface area (Å²) >= 11 is 0.886. The number of carbonyl (C=O) groups excluding carboxylic acids is 1. The Kier molecular flexibility index (Phi) is 4.81. The van der Waals surface area contributed by atoms with E-state index in [9.17, 15) is 18.0 Å². The molecule has 0 radical (unpaired) electrons. The standard InChI is InChI=1S/C16H20F3N3OS/c1-8-7-9(16(17,18)19)10-11(20)12(24-14(10)22-8)13(23)21-6-5-15(2,3)4/h7H,5-6,20H2,1-4H3,(H,21,23). The molecule has 0 spiro atoms. The zero-order valence-electron chi connectivity index (χ0n) is 14.0. The van der Waals surface area contributed by atoms with Crippen molar-refractivity contribution < 1.29 is 18.0 Å². The van der Waals surface area contributed by atoms with Crippen LogP contribution in [-0.2, 0) is 6.18 Å². The average Bonchev–Trinajstić information content (AvgIpc) is 2.72. The second-order valence-corrected chi connectivity index (χ2v) is 7.90. The zero-order valence-corrected chi connectivity index (χ0v) is 14.8. The van der Waals surface area contributed by atoms with Crippen LogP contribution in [0.15, 0.2) is 6.07 Å². The number of aromatic nitrogens is 1. The highest BCUT2D eigenvalue weighted by molar-refractivity contribution is 7.21. The lowest BCUT2D eigenvalue weighted by Crippen LogP contribution is -2.27. The predicted molar refractivity (Wildman–Crippen MR) is 90.2 cm³/mol. The molecular formula is C16H20F3N3OS. The number of hydrogen-bond acceptors (Lipinski definition) is 4. The SMILES string of the molecule is Cc1cc(C(F)(F)F)c2c(N)c(C(=O)NCCC(C)(C)C)sc2n1. The van der Waals surface area contributed by atoms with Crippen LogP contribution in [0.4, 0.5) is 18.9 Å². The third-order valence-electron chi connectivity index (χ3n) is 3.50. The van der Waals surface area contributed by atoms with Crippen LogP contribution >= 0.6 is 11.3 Å². The first-order chi connectivity index (χ1) is 10.9. The number of thiophene rings is 1. The molecule has 24 heavy (non-hydrogen) atoms. The Morgan fingerprint density at radius 3 is 2.50 bits per heavy atom. The Morgan fingerprint density at radius 2 is 1.96 bits per heavy atom. The van der Waals surface area contributed by atoms with E-state index in [1.165, 1.54) is 6.92 Å². The summed E-state index contributed by atoms with van der Waals surface area (Å²) in [6.45, 7) is 8.02. The number of anilines is 1. The van der Waals surface area contributed by atoms with E-state index >= 15 is 0 Å². The number of aryl methyl sites for hydroxylation is 1. The van der Waals surface area contributed by atoms with Crippen molar-refractivity contribution in [2.75, 3.05) is 12.3 Å². The van der Waals surface area contributed by atoms with Crippen molar-refractivity contribution in [2.24, 2.45) is 5.41 Å². The molecule has 2 aromatic rings. The number of nitrogens with two attached hydrogens (primary N) is 1. The van der Waals surface area contributed by atoms with Crippen molar-refractivity contribution in [1.29, 1.82) is 0 Å². The van der Waals surface area contributed by atoms with E-state index in [0.717, 1.165) is 23.8 Å². The molecule has 0 aliphatic carbocycles. The molecule has 4 nitrogen and oxygen atoms in total. The summed E-state index contributed by atoms with van der Waals surface area (Å²) in [5.74, 6) is -0.467. The topological polar surface area (TPSA) is 68.0 Å². The van der Waals surface area contributed by atoms with Crippen LogP contribution in [0.3, 0.4) is 0 Å². The van der Waals surface area contributed by atoms with Gasteiger partial charge in [0.25, 0.3) is 5.91 Å². The molecule has 0 atom stereocenters. The van der Waals surface area contributed by atoms with Crippen molar-refractivity contribution in [3.63, 3.8) is 0 Å². The molecule has 2 aromatic heterocycles. The third kappa shape index (κ3) is 3.98. The number of halogens is 3. The smallest absolute Gasteiger partial charge is 0.397 e. The lowest BCUT2D eigenvalue weighted by Gasteiger charge is -2.17. The lowest BCUT2D eigenvalue weighted by molar-refractivity contribution is -0.136. The molecule has 0 aliphatic rings. The fourth-order valence-electron chi connectivity index (χ4n) is 2.27. The highest BCUT2D eigenvalue weighted by atomic mass is 32.1. The molecule has 0 unspecified atom stereocenters. The van der Waals surface area contributed by atoms with Gasteiger partial charge in [-0.3, -0.25) is 4.79 Å². The van der Waals surface area contributed by atoms with Gasteiger partial charge in [0, 0.05) is 17.6 Å². The Balaban J connectivity index is 2.40. The summed E-state index contributed by atoms with van der Waals surface area (Å²) < 4.78 is 39.7. The molecule has 2 rings (SSSR count). The average molecular weight is 359 g/mol. The van der Waals surface area contributed by atoms with Crippen molar-refractivity contribution in [3.05, 3.63) is 22.2 Å². The molecule has 0 fully saturated rings. The molecule has 0 aromatic carbocycles. The number of carbonyl (C=O) groups is 1. The minimum Gasteiger partial charge on any atom is -0.397 e. The fraction of sp³-hybridized carbons (Fsp3) is 0.500. The molecule has 0 bridgehead atoms. The van der Waals surface area contributed by atoms with E-state index < -0.39 is 17.6 Å². The van der Waals surface area contributed by atoms with Crippen LogP contribution in [0.1, 0.15) is 48.1 Å². The van der Waals surface area contributed by atoms with E-state index in [2.05, 4.69) is 10.3 Å². The van der Waals surface area contributed by atoms with Crippen LogP contribution in [0.25, 0.3) is 10.2 Å². The molecule has 132 valence electrons. The van der Waals surface area contributed by atoms with Crippen LogP contribution in [0.2, 0.25) is 0 Å². The van der Waals surface area contributed by atoms with Gasteiger partial charge < -0.3 is 11.1 Å². The highest BCUT2D eigenvalue weighted by Crippen LogP contribution is 2.42. The second kappa shape index (κ2) is 6.23. The lowest BCUT2D eigenvalue weighted by atomic mass is 9.92. The maximum absolute atomic E-state index is 13.2. The summed E-state index contributed by atoms with van der Waals surface area (Å²) in [5, 5.41) is 2.52. The van der Waals surface area contributed by atoms with Gasteiger partial charge in [-0.1, -0.05) is 20.8 Å². The molecule has 8 heteroatoms. The van der Waals surface area contributed by atoms with Crippen LogP contribution < -0.4 is 11.1 Å². The number of nitrogen functional groups attached to an aromatic ring is 1. The Labute approximate surface area is 142 Å². The molecule has 0 saturated heterocycles. The quantitative estimate of drug-likeness (QED) is 0.855. The molecule has 3 N–H and O–H groups in total. The van der Waals surface area contributed by atoms with Crippen molar-refractivity contribution in [3.8, 4) is 0 Å². The largest absolute Gasteiger partial charge is 0.417 e. The van der Waals surface area contributed by atoms with Gasteiger partial charge in [-0.2, -0.15) is 13.2 Å². The maximum Gasteiger partial charge on any atom is 0.417 e. The Hall–Kier alpha value is -1.83. The predicted octanol–water partition coefficient (Wildman–Crippen LogP) is 4.37. The van der Waals surface area contributed by atoms with Crippen LogP contribution in [0.5, 0.6) is 0 Å². The van der Waals surface area contributed by atoms with Crippen molar-refractivity contribution in [2.45, 2.75) is 40.3 Å². The van der Waals surface area contributed by atoms with Gasteiger partial charge in [-0.15, -0.1) is 11.3 Å². The number of nitrogens with zero attached hydrogens (tertiary/aromatic N) is 1. The minimum absolute atomic E-state index is 0.0428. The number of pyridine rings is 1. The number of rotatable bonds is 3.